The first-order chi connectivity index (χ1) is 8.59. The van der Waals surface area contributed by atoms with Gasteiger partial charge in [0.05, 0.1) is 5.92 Å². The van der Waals surface area contributed by atoms with Gasteiger partial charge in [0.15, 0.2) is 0 Å². The molecule has 1 aromatic rings. The molecule has 18 heavy (non-hydrogen) atoms. The molecule has 1 unspecified atom stereocenters. The Labute approximate surface area is 103 Å². The van der Waals surface area contributed by atoms with E-state index in [4.69, 9.17) is 5.84 Å². The largest absolute Gasteiger partial charge is 0.435 e. The lowest BCUT2D eigenvalue weighted by molar-refractivity contribution is -0.135. The van der Waals surface area contributed by atoms with Crippen molar-refractivity contribution in [2.45, 2.75) is 25.4 Å². The molecule has 98 valence electrons. The van der Waals surface area contributed by atoms with E-state index in [1.807, 2.05) is 0 Å². The minimum Gasteiger partial charge on any atom is -0.435 e. The van der Waals surface area contributed by atoms with E-state index in [1.54, 1.807) is 18.2 Å². The number of hydrogen-bond acceptors (Lipinski definition) is 3. The van der Waals surface area contributed by atoms with Crippen LogP contribution in [0.4, 0.5) is 8.78 Å². The zero-order valence-electron chi connectivity index (χ0n) is 9.68. The van der Waals surface area contributed by atoms with E-state index in [-0.39, 0.29) is 11.7 Å². The lowest BCUT2D eigenvalue weighted by Gasteiger charge is -2.29. The number of hydrazine groups is 1. The topological polar surface area (TPSA) is 55.6 Å². The van der Waals surface area contributed by atoms with Crippen molar-refractivity contribution < 1.29 is 18.3 Å². The molecule has 1 saturated heterocycles. The molecule has 1 amide bonds. The standard InChI is InChI=1S/C12H14F2N2O2/c13-12(14)18-10-6-2-1-4-8(10)9-5-3-7-16(15)11(9)17/h1-2,4,6,9,12H,3,5,7,15H2. The van der Waals surface area contributed by atoms with Gasteiger partial charge in [0.2, 0.25) is 5.91 Å². The van der Waals surface area contributed by atoms with Crippen molar-refractivity contribution >= 4 is 5.91 Å². The molecule has 1 aromatic carbocycles. The monoisotopic (exact) mass is 256 g/mol. The van der Waals surface area contributed by atoms with Gasteiger partial charge in [-0.2, -0.15) is 8.78 Å². The van der Waals surface area contributed by atoms with Gasteiger partial charge in [-0.25, -0.2) is 5.84 Å². The normalized spacial score (nSPS) is 20.3. The third-order valence-corrected chi connectivity index (χ3v) is 2.98. The van der Waals surface area contributed by atoms with Crippen molar-refractivity contribution in [3.05, 3.63) is 29.8 Å². The second kappa shape index (κ2) is 5.30. The molecule has 1 heterocycles. The Morgan fingerprint density at radius 1 is 1.39 bits per heavy atom. The quantitative estimate of drug-likeness (QED) is 0.663. The van der Waals surface area contributed by atoms with E-state index in [2.05, 4.69) is 4.74 Å². The summed E-state index contributed by atoms with van der Waals surface area (Å²) in [6, 6.07) is 6.34. The van der Waals surface area contributed by atoms with Gasteiger partial charge in [0.1, 0.15) is 5.75 Å². The van der Waals surface area contributed by atoms with Crippen molar-refractivity contribution in [3.8, 4) is 5.75 Å². The highest BCUT2D eigenvalue weighted by molar-refractivity contribution is 5.84. The van der Waals surface area contributed by atoms with Crippen molar-refractivity contribution in [2.75, 3.05) is 6.54 Å². The Bertz CT molecular complexity index is 440. The van der Waals surface area contributed by atoms with Gasteiger partial charge in [-0.1, -0.05) is 18.2 Å². The van der Waals surface area contributed by atoms with Gasteiger partial charge in [0, 0.05) is 12.1 Å². The summed E-state index contributed by atoms with van der Waals surface area (Å²) in [7, 11) is 0. The Kier molecular flexibility index (Phi) is 3.76. The van der Waals surface area contributed by atoms with E-state index >= 15 is 0 Å². The number of nitrogens with zero attached hydrogens (tertiary/aromatic N) is 1. The molecule has 0 radical (unpaired) electrons. The molecule has 1 aliphatic heterocycles. The van der Waals surface area contributed by atoms with Crippen LogP contribution in [0.1, 0.15) is 24.3 Å². The molecule has 0 aliphatic carbocycles. The van der Waals surface area contributed by atoms with Crippen LogP contribution in [0.2, 0.25) is 0 Å². The van der Waals surface area contributed by atoms with Crippen LogP contribution >= 0.6 is 0 Å². The van der Waals surface area contributed by atoms with E-state index in [1.165, 1.54) is 6.07 Å². The maximum absolute atomic E-state index is 12.3. The maximum Gasteiger partial charge on any atom is 0.387 e. The third kappa shape index (κ3) is 2.59. The lowest BCUT2D eigenvalue weighted by Crippen LogP contribution is -2.44. The van der Waals surface area contributed by atoms with Gasteiger partial charge in [-0.15, -0.1) is 0 Å². The maximum atomic E-state index is 12.3. The number of nitrogens with two attached hydrogens (primary N) is 1. The number of halogens is 2. The van der Waals surface area contributed by atoms with Crippen molar-refractivity contribution in [1.29, 1.82) is 0 Å². The Balaban J connectivity index is 2.29. The minimum absolute atomic E-state index is 0.0427. The number of piperidine rings is 1. The van der Waals surface area contributed by atoms with Crippen LogP contribution in [-0.4, -0.2) is 24.1 Å². The molecule has 2 N–H and O–H groups in total. The van der Waals surface area contributed by atoms with E-state index in [0.717, 1.165) is 11.4 Å². The second-order valence-electron chi connectivity index (χ2n) is 4.14. The van der Waals surface area contributed by atoms with Crippen molar-refractivity contribution in [1.82, 2.24) is 5.01 Å². The molecule has 1 atom stereocenters. The van der Waals surface area contributed by atoms with Crippen LogP contribution in [0.15, 0.2) is 24.3 Å². The predicted octanol–water partition coefficient (Wildman–Crippen LogP) is 1.87. The van der Waals surface area contributed by atoms with Gasteiger partial charge in [-0.3, -0.25) is 9.80 Å². The van der Waals surface area contributed by atoms with Crippen molar-refractivity contribution in [2.24, 2.45) is 5.84 Å². The van der Waals surface area contributed by atoms with E-state index < -0.39 is 12.5 Å². The molecule has 0 aromatic heterocycles. The second-order valence-corrected chi connectivity index (χ2v) is 4.14. The highest BCUT2D eigenvalue weighted by Crippen LogP contribution is 2.33. The van der Waals surface area contributed by atoms with Crippen molar-refractivity contribution in [3.63, 3.8) is 0 Å². The van der Waals surface area contributed by atoms with Crippen LogP contribution in [0.5, 0.6) is 5.75 Å². The first kappa shape index (κ1) is 12.8. The molecule has 2 rings (SSSR count). The van der Waals surface area contributed by atoms with Gasteiger partial charge >= 0.3 is 6.61 Å². The van der Waals surface area contributed by atoms with Crippen LogP contribution < -0.4 is 10.6 Å². The molecule has 1 aliphatic rings. The average Bonchev–Trinajstić information content (AvgIpc) is 2.33. The Morgan fingerprint density at radius 2 is 2.11 bits per heavy atom. The van der Waals surface area contributed by atoms with Crippen LogP contribution in [0.25, 0.3) is 0 Å². The lowest BCUT2D eigenvalue weighted by atomic mass is 9.90. The zero-order chi connectivity index (χ0) is 13.1. The number of carbonyl (C=O) groups excluding carboxylic acids is 1. The average molecular weight is 256 g/mol. The molecule has 4 nitrogen and oxygen atoms in total. The van der Waals surface area contributed by atoms with E-state index in [0.29, 0.717) is 18.5 Å². The summed E-state index contributed by atoms with van der Waals surface area (Å²) in [6.45, 7) is -2.41. The van der Waals surface area contributed by atoms with E-state index in [9.17, 15) is 13.6 Å². The molecular weight excluding hydrogens is 242 g/mol. The number of para-hydroxylation sites is 1. The highest BCUT2D eigenvalue weighted by Gasteiger charge is 2.30. The summed E-state index contributed by atoms with van der Waals surface area (Å²) in [5.74, 6) is 4.84. The predicted molar refractivity (Wildman–Crippen MR) is 60.9 cm³/mol. The summed E-state index contributed by atoms with van der Waals surface area (Å²) in [5, 5.41) is 1.13. The summed E-state index contributed by atoms with van der Waals surface area (Å²) in [5.41, 5.74) is 0.470. The SMILES string of the molecule is NN1CCCC(c2ccccc2OC(F)F)C1=O. The first-order valence-electron chi connectivity index (χ1n) is 5.69. The number of alkyl halides is 2. The summed E-state index contributed by atoms with van der Waals surface area (Å²) in [4.78, 5) is 11.9. The smallest absolute Gasteiger partial charge is 0.387 e. The Morgan fingerprint density at radius 3 is 2.83 bits per heavy atom. The van der Waals surface area contributed by atoms with Crippen LogP contribution in [0.3, 0.4) is 0 Å². The molecular formula is C12H14F2N2O2. The van der Waals surface area contributed by atoms with Gasteiger partial charge in [0.25, 0.3) is 0 Å². The fraction of sp³-hybridized carbons (Fsp3) is 0.417. The fourth-order valence-corrected chi connectivity index (χ4v) is 2.16. The molecule has 1 fully saturated rings. The summed E-state index contributed by atoms with van der Waals surface area (Å²) < 4.78 is 29.0. The van der Waals surface area contributed by atoms with Gasteiger partial charge < -0.3 is 4.74 Å². The minimum atomic E-state index is -2.90. The summed E-state index contributed by atoms with van der Waals surface area (Å²) >= 11 is 0. The number of carbonyl (C=O) groups is 1. The highest BCUT2D eigenvalue weighted by atomic mass is 19.3. The van der Waals surface area contributed by atoms with Crippen LogP contribution in [-0.2, 0) is 4.79 Å². The molecule has 0 bridgehead atoms. The zero-order valence-corrected chi connectivity index (χ0v) is 9.68. The number of benzene rings is 1. The number of amides is 1. The Hall–Kier alpha value is -1.69. The van der Waals surface area contributed by atoms with Gasteiger partial charge in [-0.05, 0) is 18.9 Å². The van der Waals surface area contributed by atoms with Crippen LogP contribution in [0, 0.1) is 0 Å². The third-order valence-electron chi connectivity index (χ3n) is 2.98. The summed E-state index contributed by atoms with van der Waals surface area (Å²) in [6.07, 6.45) is 1.34. The number of ether oxygens (including phenoxy) is 1. The number of rotatable bonds is 3. The molecule has 0 spiro atoms. The molecule has 6 heteroatoms. The molecule has 0 saturated carbocycles. The fourth-order valence-electron chi connectivity index (χ4n) is 2.16. The first-order valence-corrected chi connectivity index (χ1v) is 5.69. The number of hydrogen-bond donors (Lipinski definition) is 1.